The highest BCUT2D eigenvalue weighted by atomic mass is 35.5. The maximum atomic E-state index is 12.2. The molecule has 0 aliphatic heterocycles. The molecule has 0 N–H and O–H groups in total. The molecule has 7 heteroatoms. The van der Waals surface area contributed by atoms with Gasteiger partial charge in [0.2, 0.25) is 5.78 Å². The van der Waals surface area contributed by atoms with E-state index in [4.69, 9.17) is 25.8 Å². The van der Waals surface area contributed by atoms with Crippen molar-refractivity contribution in [2.75, 3.05) is 20.8 Å². The first-order chi connectivity index (χ1) is 11.0. The molecule has 1 heterocycles. The molecular formula is C16H14ClNO5. The number of esters is 1. The van der Waals surface area contributed by atoms with Crippen LogP contribution in [-0.2, 0) is 4.74 Å². The van der Waals surface area contributed by atoms with Crippen molar-refractivity contribution in [2.45, 2.75) is 0 Å². The SMILES string of the molecule is COc1ccc(OC)c(C(=O)COC(=O)c2cc(Cl)ccn2)c1. The van der Waals surface area contributed by atoms with Crippen molar-refractivity contribution in [1.29, 1.82) is 0 Å². The fourth-order valence-corrected chi connectivity index (χ4v) is 1.99. The van der Waals surface area contributed by atoms with E-state index in [1.54, 1.807) is 12.1 Å². The van der Waals surface area contributed by atoms with Crippen LogP contribution in [0.5, 0.6) is 11.5 Å². The average molecular weight is 336 g/mol. The molecule has 0 fully saturated rings. The molecule has 0 bridgehead atoms. The van der Waals surface area contributed by atoms with Crippen molar-refractivity contribution in [3.05, 3.63) is 52.8 Å². The molecule has 0 saturated carbocycles. The number of Topliss-reactive ketones (excluding diaryl/α,β-unsaturated/α-hetero) is 1. The van der Waals surface area contributed by atoms with Gasteiger partial charge in [0, 0.05) is 11.2 Å². The molecule has 0 saturated heterocycles. The van der Waals surface area contributed by atoms with Gasteiger partial charge < -0.3 is 14.2 Å². The molecular weight excluding hydrogens is 322 g/mol. The predicted molar refractivity (Wildman–Crippen MR) is 83.4 cm³/mol. The van der Waals surface area contributed by atoms with Crippen molar-refractivity contribution in [3.63, 3.8) is 0 Å². The first-order valence-corrected chi connectivity index (χ1v) is 6.97. The van der Waals surface area contributed by atoms with Crippen LogP contribution < -0.4 is 9.47 Å². The first kappa shape index (κ1) is 16.8. The minimum atomic E-state index is -0.734. The zero-order valence-corrected chi connectivity index (χ0v) is 13.3. The highest BCUT2D eigenvalue weighted by Crippen LogP contribution is 2.24. The monoisotopic (exact) mass is 335 g/mol. The van der Waals surface area contributed by atoms with Gasteiger partial charge in [0.1, 0.15) is 17.2 Å². The Morgan fingerprint density at radius 3 is 2.57 bits per heavy atom. The van der Waals surface area contributed by atoms with Crippen LogP contribution in [0.1, 0.15) is 20.8 Å². The number of aromatic nitrogens is 1. The summed E-state index contributed by atoms with van der Waals surface area (Å²) >= 11 is 5.78. The van der Waals surface area contributed by atoms with E-state index in [1.165, 1.54) is 38.6 Å². The summed E-state index contributed by atoms with van der Waals surface area (Å²) in [5.41, 5.74) is 0.293. The zero-order chi connectivity index (χ0) is 16.8. The third-order valence-electron chi connectivity index (χ3n) is 2.97. The summed E-state index contributed by atoms with van der Waals surface area (Å²) in [5, 5.41) is 0.354. The number of nitrogens with zero attached hydrogens (tertiary/aromatic N) is 1. The van der Waals surface area contributed by atoms with Gasteiger partial charge in [-0.3, -0.25) is 4.79 Å². The number of ketones is 1. The number of pyridine rings is 1. The number of methoxy groups -OCH3 is 2. The van der Waals surface area contributed by atoms with Gasteiger partial charge >= 0.3 is 5.97 Å². The van der Waals surface area contributed by atoms with Crippen LogP contribution in [0.4, 0.5) is 0 Å². The summed E-state index contributed by atoms with van der Waals surface area (Å²) in [6, 6.07) is 7.68. The summed E-state index contributed by atoms with van der Waals surface area (Å²) in [5.74, 6) is -0.288. The van der Waals surface area contributed by atoms with Gasteiger partial charge in [0.05, 0.1) is 19.8 Å². The average Bonchev–Trinajstić information content (AvgIpc) is 2.58. The van der Waals surface area contributed by atoms with Gasteiger partial charge in [-0.2, -0.15) is 0 Å². The minimum absolute atomic E-state index is 0.0305. The second kappa shape index (κ2) is 7.60. The Morgan fingerprint density at radius 1 is 1.13 bits per heavy atom. The normalized spacial score (nSPS) is 10.0. The molecule has 0 atom stereocenters. The molecule has 0 amide bonds. The Balaban J connectivity index is 2.09. The third kappa shape index (κ3) is 4.20. The quantitative estimate of drug-likeness (QED) is 0.597. The van der Waals surface area contributed by atoms with Crippen molar-refractivity contribution >= 4 is 23.4 Å². The van der Waals surface area contributed by atoms with Crippen LogP contribution in [-0.4, -0.2) is 37.6 Å². The maximum Gasteiger partial charge on any atom is 0.357 e. The fourth-order valence-electron chi connectivity index (χ4n) is 1.83. The zero-order valence-electron chi connectivity index (χ0n) is 12.5. The van der Waals surface area contributed by atoms with Crippen molar-refractivity contribution in [1.82, 2.24) is 4.98 Å². The number of halogens is 1. The maximum absolute atomic E-state index is 12.2. The van der Waals surface area contributed by atoms with Gasteiger partial charge in [-0.1, -0.05) is 11.6 Å². The lowest BCUT2D eigenvalue weighted by Gasteiger charge is -2.10. The van der Waals surface area contributed by atoms with E-state index in [9.17, 15) is 9.59 Å². The van der Waals surface area contributed by atoms with Crippen LogP contribution in [0, 0.1) is 0 Å². The molecule has 1 aromatic heterocycles. The molecule has 0 radical (unpaired) electrons. The molecule has 0 spiro atoms. The lowest BCUT2D eigenvalue weighted by molar-refractivity contribution is 0.0468. The third-order valence-corrected chi connectivity index (χ3v) is 3.21. The van der Waals surface area contributed by atoms with Gasteiger partial charge in [-0.15, -0.1) is 0 Å². The number of carbonyl (C=O) groups is 2. The Hall–Kier alpha value is -2.60. The van der Waals surface area contributed by atoms with E-state index < -0.39 is 18.4 Å². The van der Waals surface area contributed by atoms with Crippen LogP contribution in [0.2, 0.25) is 5.02 Å². The fraction of sp³-hybridized carbons (Fsp3) is 0.188. The highest BCUT2D eigenvalue weighted by Gasteiger charge is 2.17. The largest absolute Gasteiger partial charge is 0.497 e. The van der Waals surface area contributed by atoms with E-state index in [-0.39, 0.29) is 11.3 Å². The Morgan fingerprint density at radius 2 is 1.91 bits per heavy atom. The van der Waals surface area contributed by atoms with Crippen LogP contribution in [0.3, 0.4) is 0 Å². The van der Waals surface area contributed by atoms with Crippen molar-refractivity contribution in [3.8, 4) is 11.5 Å². The van der Waals surface area contributed by atoms with Gasteiger partial charge in [-0.25, -0.2) is 9.78 Å². The van der Waals surface area contributed by atoms with E-state index >= 15 is 0 Å². The number of hydrogen-bond donors (Lipinski definition) is 0. The van der Waals surface area contributed by atoms with E-state index in [1.807, 2.05) is 0 Å². The van der Waals surface area contributed by atoms with Crippen molar-refractivity contribution in [2.24, 2.45) is 0 Å². The number of hydrogen-bond acceptors (Lipinski definition) is 6. The number of rotatable bonds is 6. The first-order valence-electron chi connectivity index (χ1n) is 6.59. The minimum Gasteiger partial charge on any atom is -0.497 e. The molecule has 6 nitrogen and oxygen atoms in total. The van der Waals surface area contributed by atoms with Gasteiger partial charge in [0.25, 0.3) is 0 Å². The molecule has 0 aliphatic carbocycles. The van der Waals surface area contributed by atoms with E-state index in [2.05, 4.69) is 4.98 Å². The lowest BCUT2D eigenvalue weighted by Crippen LogP contribution is -2.16. The van der Waals surface area contributed by atoms with E-state index in [0.29, 0.717) is 16.5 Å². The Labute approximate surface area is 137 Å². The number of benzene rings is 1. The molecule has 23 heavy (non-hydrogen) atoms. The second-order valence-electron chi connectivity index (χ2n) is 4.42. The molecule has 2 aromatic rings. The molecule has 0 aliphatic rings. The number of ether oxygens (including phenoxy) is 3. The lowest BCUT2D eigenvalue weighted by atomic mass is 10.1. The predicted octanol–water partition coefficient (Wildman–Crippen LogP) is 2.79. The Kier molecular flexibility index (Phi) is 5.54. The van der Waals surface area contributed by atoms with Crippen molar-refractivity contribution < 1.29 is 23.8 Å². The summed E-state index contributed by atoms with van der Waals surface area (Å²) in [7, 11) is 2.93. The summed E-state index contributed by atoms with van der Waals surface area (Å²) in [6.45, 7) is -0.448. The molecule has 120 valence electrons. The smallest absolute Gasteiger partial charge is 0.357 e. The highest BCUT2D eigenvalue weighted by molar-refractivity contribution is 6.30. The van der Waals surface area contributed by atoms with Crippen LogP contribution in [0.15, 0.2) is 36.5 Å². The summed E-state index contributed by atoms with van der Waals surface area (Å²) < 4.78 is 15.2. The van der Waals surface area contributed by atoms with Gasteiger partial charge in [-0.05, 0) is 30.3 Å². The molecule has 2 rings (SSSR count). The van der Waals surface area contributed by atoms with Gasteiger partial charge in [0.15, 0.2) is 6.61 Å². The summed E-state index contributed by atoms with van der Waals surface area (Å²) in [4.78, 5) is 27.9. The standard InChI is InChI=1S/C16H14ClNO5/c1-21-11-3-4-15(22-2)12(8-11)14(19)9-23-16(20)13-7-10(17)5-6-18-13/h3-8H,9H2,1-2H3. The van der Waals surface area contributed by atoms with Crippen LogP contribution >= 0.6 is 11.6 Å². The molecule has 0 unspecified atom stereocenters. The Bertz CT molecular complexity index is 732. The van der Waals surface area contributed by atoms with E-state index in [0.717, 1.165) is 0 Å². The summed E-state index contributed by atoms with van der Waals surface area (Å²) in [6.07, 6.45) is 1.38. The van der Waals surface area contributed by atoms with Crippen LogP contribution in [0.25, 0.3) is 0 Å². The number of carbonyl (C=O) groups excluding carboxylic acids is 2. The topological polar surface area (TPSA) is 74.7 Å². The second-order valence-corrected chi connectivity index (χ2v) is 4.86. The molecule has 1 aromatic carbocycles.